The maximum atomic E-state index is 6.08. The highest BCUT2D eigenvalue weighted by atomic mass is 35.5. The first-order chi connectivity index (χ1) is 11.6. The average Bonchev–Trinajstić information content (AvgIpc) is 2.98. The molecule has 3 nitrogen and oxygen atoms in total. The molecule has 0 amide bonds. The molecule has 2 heterocycles. The van der Waals surface area contributed by atoms with Gasteiger partial charge >= 0.3 is 0 Å². The first-order valence-electron chi connectivity index (χ1n) is 7.18. The maximum Gasteiger partial charge on any atom is 0.140 e. The van der Waals surface area contributed by atoms with Gasteiger partial charge in [-0.05, 0) is 36.4 Å². The van der Waals surface area contributed by atoms with E-state index in [2.05, 4.69) is 15.0 Å². The smallest absolute Gasteiger partial charge is 0.140 e. The lowest BCUT2D eigenvalue weighted by molar-refractivity contribution is 1.27. The first kappa shape index (κ1) is 15.5. The van der Waals surface area contributed by atoms with Gasteiger partial charge in [-0.3, -0.25) is 4.98 Å². The Balaban J connectivity index is 1.89. The van der Waals surface area contributed by atoms with Crippen LogP contribution in [0.25, 0.3) is 33.7 Å². The van der Waals surface area contributed by atoms with Gasteiger partial charge in [0.15, 0.2) is 0 Å². The van der Waals surface area contributed by atoms with Crippen LogP contribution in [0.1, 0.15) is 0 Å². The number of hydrogen-bond acceptors (Lipinski definition) is 2. The molecule has 0 spiro atoms. The van der Waals surface area contributed by atoms with Crippen LogP contribution in [0.2, 0.25) is 15.1 Å². The number of imidazole rings is 1. The number of aromatic amines is 1. The van der Waals surface area contributed by atoms with Crippen LogP contribution in [-0.4, -0.2) is 15.0 Å². The molecule has 118 valence electrons. The summed E-state index contributed by atoms with van der Waals surface area (Å²) in [5, 5.41) is 1.65. The lowest BCUT2D eigenvalue weighted by atomic mass is 10.1. The highest BCUT2D eigenvalue weighted by molar-refractivity contribution is 6.42. The van der Waals surface area contributed by atoms with Crippen molar-refractivity contribution in [1.82, 2.24) is 15.0 Å². The molecule has 4 rings (SSSR count). The van der Waals surface area contributed by atoms with E-state index in [1.807, 2.05) is 36.4 Å². The number of rotatable bonds is 2. The van der Waals surface area contributed by atoms with E-state index >= 15 is 0 Å². The van der Waals surface area contributed by atoms with Crippen LogP contribution in [0.3, 0.4) is 0 Å². The number of benzene rings is 2. The van der Waals surface area contributed by atoms with Crippen LogP contribution in [0.15, 0.2) is 54.7 Å². The fourth-order valence-electron chi connectivity index (χ4n) is 2.57. The number of halogens is 3. The molecule has 0 radical (unpaired) electrons. The van der Waals surface area contributed by atoms with Crippen LogP contribution in [0.4, 0.5) is 0 Å². The van der Waals surface area contributed by atoms with Crippen molar-refractivity contribution >= 4 is 45.8 Å². The summed E-state index contributed by atoms with van der Waals surface area (Å²) in [7, 11) is 0. The van der Waals surface area contributed by atoms with E-state index in [-0.39, 0.29) is 0 Å². The van der Waals surface area contributed by atoms with Crippen molar-refractivity contribution in [3.63, 3.8) is 0 Å². The predicted molar refractivity (Wildman–Crippen MR) is 99.8 cm³/mol. The van der Waals surface area contributed by atoms with Gasteiger partial charge in [0.25, 0.3) is 0 Å². The third-order valence-electron chi connectivity index (χ3n) is 3.70. The Morgan fingerprint density at radius 3 is 2.42 bits per heavy atom. The van der Waals surface area contributed by atoms with Crippen molar-refractivity contribution in [1.29, 1.82) is 0 Å². The standard InChI is InChI=1S/C18H10Cl3N3/c19-11-5-3-10(4-6-11)17-12(2-1-7-22-17)18-23-15-8-13(20)14(21)9-16(15)24-18/h1-9H,(H,23,24). The van der Waals surface area contributed by atoms with Crippen LogP contribution >= 0.6 is 34.8 Å². The Labute approximate surface area is 153 Å². The summed E-state index contributed by atoms with van der Waals surface area (Å²) in [5.41, 5.74) is 4.26. The Hall–Kier alpha value is -2.07. The molecule has 0 aliphatic carbocycles. The topological polar surface area (TPSA) is 41.6 Å². The molecule has 0 aliphatic heterocycles. The zero-order valence-electron chi connectivity index (χ0n) is 12.2. The van der Waals surface area contributed by atoms with Crippen molar-refractivity contribution in [2.24, 2.45) is 0 Å². The second kappa shape index (κ2) is 6.10. The van der Waals surface area contributed by atoms with Gasteiger partial charge in [0.1, 0.15) is 5.82 Å². The van der Waals surface area contributed by atoms with Crippen LogP contribution in [0, 0.1) is 0 Å². The van der Waals surface area contributed by atoms with Crippen molar-refractivity contribution in [3.05, 3.63) is 69.8 Å². The van der Waals surface area contributed by atoms with E-state index in [0.717, 1.165) is 27.9 Å². The Morgan fingerprint density at radius 1 is 0.875 bits per heavy atom. The van der Waals surface area contributed by atoms with Gasteiger partial charge < -0.3 is 4.98 Å². The molecule has 24 heavy (non-hydrogen) atoms. The highest BCUT2D eigenvalue weighted by Gasteiger charge is 2.13. The van der Waals surface area contributed by atoms with Gasteiger partial charge in [0, 0.05) is 22.3 Å². The molecule has 0 saturated carbocycles. The summed E-state index contributed by atoms with van der Waals surface area (Å²) < 4.78 is 0. The molecule has 4 aromatic rings. The fraction of sp³-hybridized carbons (Fsp3) is 0. The molecule has 0 fully saturated rings. The Kier molecular flexibility index (Phi) is 3.93. The van der Waals surface area contributed by atoms with Crippen LogP contribution in [0.5, 0.6) is 0 Å². The molecule has 0 atom stereocenters. The normalized spacial score (nSPS) is 11.1. The molecule has 2 aromatic heterocycles. The van der Waals surface area contributed by atoms with E-state index in [4.69, 9.17) is 34.8 Å². The van der Waals surface area contributed by atoms with Crippen LogP contribution < -0.4 is 0 Å². The number of pyridine rings is 1. The van der Waals surface area contributed by atoms with E-state index in [0.29, 0.717) is 20.9 Å². The monoisotopic (exact) mass is 373 g/mol. The summed E-state index contributed by atoms with van der Waals surface area (Å²) in [6, 6.07) is 14.9. The minimum absolute atomic E-state index is 0.478. The molecule has 2 aromatic carbocycles. The van der Waals surface area contributed by atoms with Gasteiger partial charge in [0.05, 0.1) is 26.8 Å². The highest BCUT2D eigenvalue weighted by Crippen LogP contribution is 2.32. The molecular weight excluding hydrogens is 365 g/mol. The number of fused-ring (bicyclic) bond motifs is 1. The largest absolute Gasteiger partial charge is 0.338 e. The first-order valence-corrected chi connectivity index (χ1v) is 8.31. The number of nitrogens with zero attached hydrogens (tertiary/aromatic N) is 2. The molecule has 1 N–H and O–H groups in total. The molecule has 0 unspecified atom stereocenters. The van der Waals surface area contributed by atoms with Gasteiger partial charge in [-0.15, -0.1) is 0 Å². The van der Waals surface area contributed by atoms with Gasteiger partial charge in [-0.1, -0.05) is 46.9 Å². The SMILES string of the molecule is Clc1ccc(-c2ncccc2-c2nc3cc(Cl)c(Cl)cc3[nH]2)cc1. The van der Waals surface area contributed by atoms with E-state index < -0.39 is 0 Å². The van der Waals surface area contributed by atoms with E-state index in [1.54, 1.807) is 18.3 Å². The third kappa shape index (κ3) is 2.75. The quantitative estimate of drug-likeness (QED) is 0.450. The van der Waals surface area contributed by atoms with Gasteiger partial charge in [0.2, 0.25) is 0 Å². The number of hydrogen-bond donors (Lipinski definition) is 1. The Bertz CT molecular complexity index is 1000. The molecule has 0 aliphatic rings. The molecule has 0 bridgehead atoms. The van der Waals surface area contributed by atoms with Crippen molar-refractivity contribution in [2.75, 3.05) is 0 Å². The second-order valence-electron chi connectivity index (χ2n) is 5.28. The maximum absolute atomic E-state index is 6.08. The zero-order chi connectivity index (χ0) is 16.7. The van der Waals surface area contributed by atoms with Crippen LogP contribution in [-0.2, 0) is 0 Å². The number of aromatic nitrogens is 3. The van der Waals surface area contributed by atoms with E-state index in [9.17, 15) is 0 Å². The minimum atomic E-state index is 0.478. The van der Waals surface area contributed by atoms with Crippen molar-refractivity contribution in [2.45, 2.75) is 0 Å². The second-order valence-corrected chi connectivity index (χ2v) is 6.53. The summed E-state index contributed by atoms with van der Waals surface area (Å²) >= 11 is 18.1. The van der Waals surface area contributed by atoms with Crippen molar-refractivity contribution < 1.29 is 0 Å². The predicted octanol–water partition coefficient (Wildman–Crippen LogP) is 6.25. The fourth-order valence-corrected chi connectivity index (χ4v) is 3.01. The van der Waals surface area contributed by atoms with Gasteiger partial charge in [-0.25, -0.2) is 4.98 Å². The third-order valence-corrected chi connectivity index (χ3v) is 4.68. The molecule has 6 heteroatoms. The summed E-state index contributed by atoms with van der Waals surface area (Å²) in [4.78, 5) is 12.4. The molecule has 0 saturated heterocycles. The van der Waals surface area contributed by atoms with Crippen molar-refractivity contribution in [3.8, 4) is 22.6 Å². The molecular formula is C18H10Cl3N3. The summed E-state index contributed by atoms with van der Waals surface area (Å²) in [6.45, 7) is 0. The summed E-state index contributed by atoms with van der Waals surface area (Å²) in [6.07, 6.45) is 1.75. The number of nitrogens with one attached hydrogen (secondary N) is 1. The van der Waals surface area contributed by atoms with E-state index in [1.165, 1.54) is 0 Å². The minimum Gasteiger partial charge on any atom is -0.338 e. The lowest BCUT2D eigenvalue weighted by Gasteiger charge is -2.06. The zero-order valence-corrected chi connectivity index (χ0v) is 14.5. The number of H-pyrrole nitrogens is 1. The Morgan fingerprint density at radius 2 is 1.62 bits per heavy atom. The van der Waals surface area contributed by atoms with Gasteiger partial charge in [-0.2, -0.15) is 0 Å². The summed E-state index contributed by atoms with van der Waals surface area (Å²) in [5.74, 6) is 0.710. The lowest BCUT2D eigenvalue weighted by Crippen LogP contribution is -1.90. The average molecular weight is 375 g/mol.